The first-order chi connectivity index (χ1) is 18.4. The highest BCUT2D eigenvalue weighted by molar-refractivity contribution is 7.16. The molecule has 4 aromatic rings. The number of ether oxygens (including phenoxy) is 3. The van der Waals surface area contributed by atoms with E-state index in [1.165, 1.54) is 10.8 Å². The molecule has 1 amide bonds. The number of benzene rings is 2. The van der Waals surface area contributed by atoms with Crippen molar-refractivity contribution >= 4 is 45.1 Å². The first-order valence-corrected chi connectivity index (χ1v) is 12.9. The Bertz CT molecular complexity index is 1620. The van der Waals surface area contributed by atoms with Gasteiger partial charge in [0.15, 0.2) is 17.2 Å². The lowest BCUT2D eigenvalue weighted by atomic mass is 10.0. The summed E-state index contributed by atoms with van der Waals surface area (Å²) in [6, 6.07) is 12.7. The summed E-state index contributed by atoms with van der Waals surface area (Å²) in [5.41, 5.74) is 1.90. The van der Waals surface area contributed by atoms with E-state index in [1.807, 2.05) is 12.1 Å². The fourth-order valence-corrected chi connectivity index (χ4v) is 4.95. The minimum absolute atomic E-state index is 0.00189. The largest absolute Gasteiger partial charge is 0.461 e. The van der Waals surface area contributed by atoms with Crippen LogP contribution in [0.1, 0.15) is 48.3 Å². The number of hydrogen-bond acceptors (Lipinski definition) is 8. The molecule has 1 aliphatic rings. The predicted octanol–water partition coefficient (Wildman–Crippen LogP) is 5.13. The lowest BCUT2D eigenvalue weighted by Gasteiger charge is -2.11. The molecular weight excluding hydrogens is 506 g/mol. The van der Waals surface area contributed by atoms with Crippen LogP contribution < -0.4 is 20.3 Å². The normalized spacial score (nSPS) is 12.4. The molecule has 194 valence electrons. The molecule has 5 rings (SSSR count). The molecule has 1 aliphatic heterocycles. The van der Waals surface area contributed by atoms with Crippen LogP contribution >= 0.6 is 11.3 Å². The summed E-state index contributed by atoms with van der Waals surface area (Å²) in [5.74, 6) is 0.489. The van der Waals surface area contributed by atoms with Crippen molar-refractivity contribution in [3.8, 4) is 17.2 Å². The summed E-state index contributed by atoms with van der Waals surface area (Å²) in [4.78, 5) is 39.1. The average molecular weight is 532 g/mol. The number of rotatable bonds is 7. The topological polar surface area (TPSA) is 109 Å². The highest BCUT2D eigenvalue weighted by atomic mass is 32.1. The minimum Gasteiger partial charge on any atom is -0.461 e. The third kappa shape index (κ3) is 4.90. The molecule has 3 heterocycles. The number of anilines is 1. The number of carbonyl (C=O) groups is 2. The molecule has 2 aromatic carbocycles. The van der Waals surface area contributed by atoms with Gasteiger partial charge in [-0.05, 0) is 54.3 Å². The second-order valence-electron chi connectivity index (χ2n) is 8.82. The Hall–Kier alpha value is -4.44. The zero-order valence-electron chi connectivity index (χ0n) is 21.0. The molecule has 0 unspecified atom stereocenters. The SMILES string of the molecule is CCOC(=O)c1nn(-c2ccc(C(C)C)cc2)c(=O)c2c(NC(=O)/C=C/c3ccc4c(c3)OCO4)scc12. The zero-order chi connectivity index (χ0) is 26.8. The summed E-state index contributed by atoms with van der Waals surface area (Å²) in [5, 5.41) is 9.57. The van der Waals surface area contributed by atoms with Gasteiger partial charge in [0.25, 0.3) is 5.56 Å². The summed E-state index contributed by atoms with van der Waals surface area (Å²) >= 11 is 1.14. The summed E-state index contributed by atoms with van der Waals surface area (Å²) in [6.45, 7) is 6.16. The van der Waals surface area contributed by atoms with E-state index in [2.05, 4.69) is 24.3 Å². The van der Waals surface area contributed by atoms with E-state index >= 15 is 0 Å². The fourth-order valence-electron chi connectivity index (χ4n) is 4.01. The lowest BCUT2D eigenvalue weighted by molar-refractivity contribution is -0.111. The van der Waals surface area contributed by atoms with Gasteiger partial charge in [0.05, 0.1) is 17.7 Å². The molecule has 0 saturated carbocycles. The van der Waals surface area contributed by atoms with E-state index in [0.29, 0.717) is 33.5 Å². The summed E-state index contributed by atoms with van der Waals surface area (Å²) < 4.78 is 17.0. The van der Waals surface area contributed by atoms with Gasteiger partial charge in [-0.15, -0.1) is 11.3 Å². The van der Waals surface area contributed by atoms with Crippen LogP contribution in [0.5, 0.6) is 11.5 Å². The van der Waals surface area contributed by atoms with Gasteiger partial charge in [0.2, 0.25) is 12.7 Å². The molecule has 38 heavy (non-hydrogen) atoms. The molecular formula is C28H25N3O6S. The molecule has 2 aromatic heterocycles. The molecule has 10 heteroatoms. The third-order valence-electron chi connectivity index (χ3n) is 5.99. The van der Waals surface area contributed by atoms with Crippen molar-refractivity contribution in [3.63, 3.8) is 0 Å². The quantitative estimate of drug-likeness (QED) is 0.260. The van der Waals surface area contributed by atoms with Gasteiger partial charge in [0, 0.05) is 16.8 Å². The molecule has 9 nitrogen and oxygen atoms in total. The van der Waals surface area contributed by atoms with E-state index in [1.54, 1.807) is 48.7 Å². The van der Waals surface area contributed by atoms with Crippen LogP contribution in [-0.4, -0.2) is 35.1 Å². The van der Waals surface area contributed by atoms with E-state index in [4.69, 9.17) is 14.2 Å². The smallest absolute Gasteiger partial charge is 0.359 e. The van der Waals surface area contributed by atoms with Crippen LogP contribution in [0.3, 0.4) is 0 Å². The van der Waals surface area contributed by atoms with Crippen molar-refractivity contribution in [1.29, 1.82) is 0 Å². The Morgan fingerprint density at radius 1 is 1.16 bits per heavy atom. The lowest BCUT2D eigenvalue weighted by Crippen LogP contribution is -2.25. The summed E-state index contributed by atoms with van der Waals surface area (Å²) in [7, 11) is 0. The van der Waals surface area contributed by atoms with Crippen molar-refractivity contribution < 1.29 is 23.8 Å². The number of amides is 1. The second kappa shape index (κ2) is 10.5. The Morgan fingerprint density at radius 3 is 2.66 bits per heavy atom. The Morgan fingerprint density at radius 2 is 1.92 bits per heavy atom. The monoisotopic (exact) mass is 531 g/mol. The van der Waals surface area contributed by atoms with E-state index < -0.39 is 17.4 Å². The third-order valence-corrected chi connectivity index (χ3v) is 6.88. The molecule has 1 N–H and O–H groups in total. The number of aromatic nitrogens is 2. The molecule has 0 radical (unpaired) electrons. The van der Waals surface area contributed by atoms with Crippen molar-refractivity contribution in [2.45, 2.75) is 26.7 Å². The van der Waals surface area contributed by atoms with Gasteiger partial charge in [0.1, 0.15) is 5.00 Å². The van der Waals surface area contributed by atoms with E-state index in [-0.39, 0.29) is 24.5 Å². The first-order valence-electron chi connectivity index (χ1n) is 12.1. The molecule has 0 bridgehead atoms. The van der Waals surface area contributed by atoms with E-state index in [9.17, 15) is 14.4 Å². The van der Waals surface area contributed by atoms with Gasteiger partial charge in [-0.2, -0.15) is 9.78 Å². The number of carbonyl (C=O) groups excluding carboxylic acids is 2. The highest BCUT2D eigenvalue weighted by Gasteiger charge is 2.23. The number of fused-ring (bicyclic) bond motifs is 2. The maximum atomic E-state index is 13.6. The second-order valence-corrected chi connectivity index (χ2v) is 9.70. The molecule has 0 fully saturated rings. The number of thiophene rings is 1. The van der Waals surface area contributed by atoms with E-state index in [0.717, 1.165) is 22.5 Å². The number of nitrogens with zero attached hydrogens (tertiary/aromatic N) is 2. The van der Waals surface area contributed by atoms with Crippen LogP contribution in [0.2, 0.25) is 0 Å². The fraction of sp³-hybridized carbons (Fsp3) is 0.214. The van der Waals surface area contributed by atoms with Gasteiger partial charge in [-0.3, -0.25) is 9.59 Å². The maximum absolute atomic E-state index is 13.6. The van der Waals surface area contributed by atoms with Crippen molar-refractivity contribution in [2.24, 2.45) is 0 Å². The van der Waals surface area contributed by atoms with Crippen molar-refractivity contribution in [3.05, 3.63) is 81.1 Å². The van der Waals surface area contributed by atoms with Crippen LogP contribution in [0, 0.1) is 0 Å². The van der Waals surface area contributed by atoms with Crippen LogP contribution in [0.4, 0.5) is 5.00 Å². The summed E-state index contributed by atoms with van der Waals surface area (Å²) in [6.07, 6.45) is 2.99. The van der Waals surface area contributed by atoms with Gasteiger partial charge < -0.3 is 19.5 Å². The van der Waals surface area contributed by atoms with Gasteiger partial charge in [-0.1, -0.05) is 32.0 Å². The van der Waals surface area contributed by atoms with Gasteiger partial charge in [-0.25, -0.2) is 4.79 Å². The zero-order valence-corrected chi connectivity index (χ0v) is 21.8. The highest BCUT2D eigenvalue weighted by Crippen LogP contribution is 2.33. The number of esters is 1. The Labute approximate surface area is 222 Å². The molecule has 0 saturated heterocycles. The van der Waals surface area contributed by atoms with Crippen LogP contribution in [0.15, 0.2) is 58.7 Å². The molecule has 0 aliphatic carbocycles. The standard InChI is InChI=1S/C28H25N3O6S/c1-4-35-28(34)25-20-14-38-26(29-23(32)12-6-17-5-11-21-22(13-17)37-15-36-21)24(20)27(33)31(30-25)19-9-7-18(8-10-19)16(2)3/h5-14,16H,4,15H2,1-3H3,(H,29,32)/b12-6+. The molecule has 0 spiro atoms. The average Bonchev–Trinajstić information content (AvgIpc) is 3.55. The number of hydrogen-bond donors (Lipinski definition) is 1. The first kappa shape index (κ1) is 25.2. The molecule has 0 atom stereocenters. The maximum Gasteiger partial charge on any atom is 0.359 e. The van der Waals surface area contributed by atoms with Crippen molar-refractivity contribution in [2.75, 3.05) is 18.7 Å². The Kier molecular flexibility index (Phi) is 6.97. The van der Waals surface area contributed by atoms with Crippen LogP contribution in [-0.2, 0) is 9.53 Å². The predicted molar refractivity (Wildman–Crippen MR) is 145 cm³/mol. The number of nitrogens with one attached hydrogen (secondary N) is 1. The minimum atomic E-state index is -0.650. The Balaban J connectivity index is 1.51. The van der Waals surface area contributed by atoms with Crippen molar-refractivity contribution in [1.82, 2.24) is 9.78 Å². The van der Waals surface area contributed by atoms with Gasteiger partial charge >= 0.3 is 5.97 Å². The van der Waals surface area contributed by atoms with Crippen LogP contribution in [0.25, 0.3) is 22.5 Å².